The van der Waals surface area contributed by atoms with Crippen LogP contribution in [0, 0.1) is 19.8 Å². The number of phenols is 1. The smallest absolute Gasteiger partial charge is 0.228 e. The number of rotatable bonds is 3. The topological polar surface area (TPSA) is 86.5 Å². The van der Waals surface area contributed by atoms with E-state index in [9.17, 15) is 15.0 Å². The number of nitrogens with zero attached hydrogens (tertiary/aromatic N) is 3. The molecule has 6 heteroatoms. The van der Waals surface area contributed by atoms with Crippen LogP contribution in [-0.2, 0) is 4.79 Å². The molecule has 1 saturated heterocycles. The SMILES string of the molecule is Cc1cc(C)c(-c2ccc(N3CC(CO)CC3=O)nn2)c(O)c1. The Morgan fingerprint density at radius 2 is 2.04 bits per heavy atom. The number of amides is 1. The Bertz CT molecular complexity index is 720. The highest BCUT2D eigenvalue weighted by Gasteiger charge is 2.31. The molecule has 1 atom stereocenters. The summed E-state index contributed by atoms with van der Waals surface area (Å²) in [5, 5.41) is 27.6. The van der Waals surface area contributed by atoms with Crippen molar-refractivity contribution in [1.29, 1.82) is 0 Å². The van der Waals surface area contributed by atoms with Crippen molar-refractivity contribution in [3.63, 3.8) is 0 Å². The quantitative estimate of drug-likeness (QED) is 0.902. The molecule has 1 aromatic carbocycles. The standard InChI is InChI=1S/C17H19N3O3/c1-10-5-11(2)17(14(22)6-10)13-3-4-15(19-18-13)20-8-12(9-21)7-16(20)23/h3-6,12,21-22H,7-9H2,1-2H3. The summed E-state index contributed by atoms with van der Waals surface area (Å²) in [7, 11) is 0. The molecule has 1 amide bonds. The number of aliphatic hydroxyl groups is 1. The van der Waals surface area contributed by atoms with Crippen molar-refractivity contribution in [2.75, 3.05) is 18.1 Å². The summed E-state index contributed by atoms with van der Waals surface area (Å²) in [4.78, 5) is 13.5. The maximum absolute atomic E-state index is 12.0. The fourth-order valence-electron chi connectivity index (χ4n) is 3.01. The summed E-state index contributed by atoms with van der Waals surface area (Å²) in [5.74, 6) is 0.536. The second kappa shape index (κ2) is 5.96. The average Bonchev–Trinajstić information content (AvgIpc) is 2.88. The number of anilines is 1. The van der Waals surface area contributed by atoms with E-state index in [-0.39, 0.29) is 24.2 Å². The Labute approximate surface area is 134 Å². The molecule has 0 bridgehead atoms. The second-order valence-corrected chi connectivity index (χ2v) is 6.01. The zero-order valence-electron chi connectivity index (χ0n) is 13.2. The Hall–Kier alpha value is -2.47. The van der Waals surface area contributed by atoms with Gasteiger partial charge in [0.15, 0.2) is 5.82 Å². The van der Waals surface area contributed by atoms with Crippen LogP contribution < -0.4 is 4.90 Å². The molecule has 0 aliphatic carbocycles. The lowest BCUT2D eigenvalue weighted by Gasteiger charge is -2.15. The lowest BCUT2D eigenvalue weighted by atomic mass is 10.0. The van der Waals surface area contributed by atoms with E-state index in [0.29, 0.717) is 30.0 Å². The predicted octanol–water partition coefficient (Wildman–Crippen LogP) is 1.81. The number of aromatic nitrogens is 2. The fraction of sp³-hybridized carbons (Fsp3) is 0.353. The molecule has 23 heavy (non-hydrogen) atoms. The number of phenolic OH excluding ortho intramolecular Hbond substituents is 1. The molecule has 0 radical (unpaired) electrons. The molecule has 1 aromatic heterocycles. The van der Waals surface area contributed by atoms with E-state index in [1.165, 1.54) is 0 Å². The average molecular weight is 313 g/mol. The summed E-state index contributed by atoms with van der Waals surface area (Å²) in [6, 6.07) is 7.13. The van der Waals surface area contributed by atoms with Crippen LogP contribution in [0.5, 0.6) is 5.75 Å². The van der Waals surface area contributed by atoms with Gasteiger partial charge in [-0.2, -0.15) is 0 Å². The van der Waals surface area contributed by atoms with Crippen LogP contribution in [0.3, 0.4) is 0 Å². The predicted molar refractivity (Wildman–Crippen MR) is 86.2 cm³/mol. The Balaban J connectivity index is 1.90. The Kier molecular flexibility index (Phi) is 4.00. The second-order valence-electron chi connectivity index (χ2n) is 6.01. The minimum Gasteiger partial charge on any atom is -0.507 e. The van der Waals surface area contributed by atoms with Crippen molar-refractivity contribution in [3.05, 3.63) is 35.4 Å². The molecule has 2 aromatic rings. The van der Waals surface area contributed by atoms with E-state index in [1.54, 1.807) is 23.1 Å². The maximum Gasteiger partial charge on any atom is 0.228 e. The number of aromatic hydroxyl groups is 1. The molecule has 1 aliphatic rings. The van der Waals surface area contributed by atoms with E-state index < -0.39 is 0 Å². The van der Waals surface area contributed by atoms with E-state index in [1.807, 2.05) is 19.9 Å². The number of carbonyl (C=O) groups excluding carboxylic acids is 1. The van der Waals surface area contributed by atoms with Gasteiger partial charge in [0.25, 0.3) is 0 Å². The van der Waals surface area contributed by atoms with Crippen molar-refractivity contribution in [2.45, 2.75) is 20.3 Å². The van der Waals surface area contributed by atoms with Gasteiger partial charge < -0.3 is 10.2 Å². The first kappa shape index (κ1) is 15.4. The molecule has 2 heterocycles. The molecule has 0 saturated carbocycles. The molecular weight excluding hydrogens is 294 g/mol. The van der Waals surface area contributed by atoms with Gasteiger partial charge in [-0.15, -0.1) is 10.2 Å². The van der Waals surface area contributed by atoms with Crippen LogP contribution in [0.15, 0.2) is 24.3 Å². The fourth-order valence-corrected chi connectivity index (χ4v) is 3.01. The van der Waals surface area contributed by atoms with E-state index in [0.717, 1.165) is 11.1 Å². The van der Waals surface area contributed by atoms with Gasteiger partial charge in [-0.3, -0.25) is 9.69 Å². The van der Waals surface area contributed by atoms with Gasteiger partial charge in [0.1, 0.15) is 5.75 Å². The van der Waals surface area contributed by atoms with Crippen LogP contribution in [0.25, 0.3) is 11.3 Å². The largest absolute Gasteiger partial charge is 0.507 e. The van der Waals surface area contributed by atoms with E-state index >= 15 is 0 Å². The van der Waals surface area contributed by atoms with Crippen molar-refractivity contribution >= 4 is 11.7 Å². The van der Waals surface area contributed by atoms with Gasteiger partial charge in [0.2, 0.25) is 5.91 Å². The third-order valence-electron chi connectivity index (χ3n) is 4.11. The summed E-state index contributed by atoms with van der Waals surface area (Å²) in [6.45, 7) is 4.28. The summed E-state index contributed by atoms with van der Waals surface area (Å²) in [5.41, 5.74) is 3.11. The lowest BCUT2D eigenvalue weighted by molar-refractivity contribution is -0.117. The van der Waals surface area contributed by atoms with Crippen LogP contribution in [0.2, 0.25) is 0 Å². The molecule has 0 spiro atoms. The number of hydrogen-bond donors (Lipinski definition) is 2. The molecule has 1 aliphatic heterocycles. The highest BCUT2D eigenvalue weighted by Crippen LogP contribution is 2.32. The number of carbonyl (C=O) groups is 1. The third kappa shape index (κ3) is 2.90. The van der Waals surface area contributed by atoms with E-state index in [4.69, 9.17) is 0 Å². The van der Waals surface area contributed by atoms with Crippen molar-refractivity contribution < 1.29 is 15.0 Å². The number of benzene rings is 1. The van der Waals surface area contributed by atoms with E-state index in [2.05, 4.69) is 10.2 Å². The van der Waals surface area contributed by atoms with Gasteiger partial charge >= 0.3 is 0 Å². The normalized spacial score (nSPS) is 17.8. The van der Waals surface area contributed by atoms with Crippen LogP contribution >= 0.6 is 0 Å². The van der Waals surface area contributed by atoms with Crippen molar-refractivity contribution in [2.24, 2.45) is 5.92 Å². The van der Waals surface area contributed by atoms with Gasteiger partial charge in [0.05, 0.1) is 5.69 Å². The van der Waals surface area contributed by atoms with Gasteiger partial charge in [-0.05, 0) is 43.2 Å². The Morgan fingerprint density at radius 3 is 2.61 bits per heavy atom. The number of aryl methyl sites for hydroxylation is 2. The molecule has 1 unspecified atom stereocenters. The van der Waals surface area contributed by atoms with Crippen LogP contribution in [0.4, 0.5) is 5.82 Å². The molecule has 6 nitrogen and oxygen atoms in total. The monoisotopic (exact) mass is 313 g/mol. The Morgan fingerprint density at radius 1 is 1.26 bits per heavy atom. The summed E-state index contributed by atoms with van der Waals surface area (Å²) < 4.78 is 0. The highest BCUT2D eigenvalue weighted by atomic mass is 16.3. The number of hydrogen-bond acceptors (Lipinski definition) is 5. The summed E-state index contributed by atoms with van der Waals surface area (Å²) in [6.07, 6.45) is 0.331. The maximum atomic E-state index is 12.0. The lowest BCUT2D eigenvalue weighted by Crippen LogP contribution is -2.26. The number of aliphatic hydroxyl groups excluding tert-OH is 1. The first-order valence-electron chi connectivity index (χ1n) is 7.55. The van der Waals surface area contributed by atoms with Gasteiger partial charge in [-0.1, -0.05) is 6.07 Å². The zero-order chi connectivity index (χ0) is 16.6. The third-order valence-corrected chi connectivity index (χ3v) is 4.11. The molecular formula is C17H19N3O3. The van der Waals surface area contributed by atoms with Crippen LogP contribution in [0.1, 0.15) is 17.5 Å². The zero-order valence-corrected chi connectivity index (χ0v) is 13.2. The van der Waals surface area contributed by atoms with Crippen molar-refractivity contribution in [1.82, 2.24) is 10.2 Å². The minimum absolute atomic E-state index is 0.00974. The van der Waals surface area contributed by atoms with Gasteiger partial charge in [0, 0.05) is 31.1 Å². The highest BCUT2D eigenvalue weighted by molar-refractivity contribution is 5.94. The van der Waals surface area contributed by atoms with Crippen molar-refractivity contribution in [3.8, 4) is 17.0 Å². The first-order valence-corrected chi connectivity index (χ1v) is 7.55. The molecule has 2 N–H and O–H groups in total. The minimum atomic E-state index is -0.0551. The van der Waals surface area contributed by atoms with Gasteiger partial charge in [-0.25, -0.2) is 0 Å². The first-order chi connectivity index (χ1) is 11.0. The van der Waals surface area contributed by atoms with Crippen LogP contribution in [-0.4, -0.2) is 39.5 Å². The molecule has 1 fully saturated rings. The summed E-state index contributed by atoms with van der Waals surface area (Å²) >= 11 is 0. The molecule has 120 valence electrons. The molecule has 3 rings (SSSR count).